The van der Waals surface area contributed by atoms with Crippen molar-refractivity contribution < 1.29 is 4.79 Å². The molecule has 1 aliphatic heterocycles. The largest absolute Gasteiger partial charge is 0.336 e. The Balaban J connectivity index is 2.20. The van der Waals surface area contributed by atoms with Crippen LogP contribution < -0.4 is 5.32 Å². The van der Waals surface area contributed by atoms with Gasteiger partial charge < -0.3 is 10.2 Å². The summed E-state index contributed by atoms with van der Waals surface area (Å²) in [6, 6.07) is 2.17. The van der Waals surface area contributed by atoms with E-state index < -0.39 is 0 Å². The van der Waals surface area contributed by atoms with Gasteiger partial charge in [0.25, 0.3) is 5.91 Å². The van der Waals surface area contributed by atoms with Crippen molar-refractivity contribution in [3.05, 3.63) is 17.5 Å². The van der Waals surface area contributed by atoms with Crippen molar-refractivity contribution in [2.75, 3.05) is 20.1 Å². The van der Waals surface area contributed by atoms with Crippen molar-refractivity contribution in [1.29, 1.82) is 0 Å². The third-order valence-corrected chi connectivity index (χ3v) is 3.64. The first kappa shape index (κ1) is 14.1. The highest BCUT2D eigenvalue weighted by atomic mass is 16.2. The molecule has 1 unspecified atom stereocenters. The van der Waals surface area contributed by atoms with E-state index in [1.54, 1.807) is 0 Å². The number of aromatic nitrogens is 2. The highest BCUT2D eigenvalue weighted by Crippen LogP contribution is 2.18. The molecule has 19 heavy (non-hydrogen) atoms. The highest BCUT2D eigenvalue weighted by Gasteiger charge is 2.27. The van der Waals surface area contributed by atoms with E-state index in [4.69, 9.17) is 0 Å². The van der Waals surface area contributed by atoms with Crippen LogP contribution in [0.15, 0.2) is 6.07 Å². The van der Waals surface area contributed by atoms with E-state index in [1.807, 2.05) is 29.6 Å². The normalized spacial score (nSPS) is 19.7. The first-order chi connectivity index (χ1) is 8.80. The molecule has 5 heteroatoms. The lowest BCUT2D eigenvalue weighted by atomic mass is 10.1. The molecule has 0 saturated carbocycles. The van der Waals surface area contributed by atoms with Gasteiger partial charge >= 0.3 is 0 Å². The summed E-state index contributed by atoms with van der Waals surface area (Å²) in [5.41, 5.74) is 1.46. The lowest BCUT2D eigenvalue weighted by Crippen LogP contribution is -2.38. The summed E-state index contributed by atoms with van der Waals surface area (Å²) < 4.78 is 1.92. The zero-order valence-electron chi connectivity index (χ0n) is 12.5. The van der Waals surface area contributed by atoms with Crippen LogP contribution in [0, 0.1) is 6.92 Å². The summed E-state index contributed by atoms with van der Waals surface area (Å²) in [6.07, 6.45) is 1.02. The minimum Gasteiger partial charge on any atom is -0.336 e. The average molecular weight is 264 g/mol. The smallest absolute Gasteiger partial charge is 0.274 e. The standard InChI is InChI=1S/C14H24N4O/c1-10-8-12(16-18(10)14(2,3)4)13(19)17(5)11-6-7-15-9-11/h8,11,15H,6-7,9H2,1-5H3. The van der Waals surface area contributed by atoms with Crippen molar-refractivity contribution >= 4 is 5.91 Å². The first-order valence-corrected chi connectivity index (χ1v) is 6.85. The maximum absolute atomic E-state index is 12.4. The molecule has 1 atom stereocenters. The molecular formula is C14H24N4O. The van der Waals surface area contributed by atoms with E-state index in [1.165, 1.54) is 0 Å². The van der Waals surface area contributed by atoms with E-state index in [2.05, 4.69) is 31.2 Å². The van der Waals surface area contributed by atoms with Gasteiger partial charge in [-0.25, -0.2) is 0 Å². The molecule has 1 fully saturated rings. The van der Waals surface area contributed by atoms with Gasteiger partial charge in [-0.1, -0.05) is 0 Å². The Hall–Kier alpha value is -1.36. The van der Waals surface area contributed by atoms with Crippen LogP contribution in [0.5, 0.6) is 0 Å². The van der Waals surface area contributed by atoms with Crippen LogP contribution in [0.4, 0.5) is 0 Å². The number of hydrogen-bond donors (Lipinski definition) is 1. The van der Waals surface area contributed by atoms with Gasteiger partial charge in [0, 0.05) is 25.3 Å². The summed E-state index contributed by atoms with van der Waals surface area (Å²) >= 11 is 0. The molecule has 0 bridgehead atoms. The zero-order valence-corrected chi connectivity index (χ0v) is 12.5. The topological polar surface area (TPSA) is 50.2 Å². The molecule has 1 N–H and O–H groups in total. The SMILES string of the molecule is Cc1cc(C(=O)N(C)C2CCNC2)nn1C(C)(C)C. The molecule has 1 aliphatic rings. The van der Waals surface area contributed by atoms with Gasteiger partial charge in [-0.3, -0.25) is 9.48 Å². The summed E-state index contributed by atoms with van der Waals surface area (Å²) in [6.45, 7) is 10.1. The molecule has 1 amide bonds. The van der Waals surface area contributed by atoms with E-state index >= 15 is 0 Å². The second-order valence-corrected chi connectivity index (χ2v) is 6.32. The van der Waals surface area contributed by atoms with Gasteiger partial charge in [0.05, 0.1) is 5.54 Å². The zero-order chi connectivity index (χ0) is 14.2. The van der Waals surface area contributed by atoms with Gasteiger partial charge in [0.1, 0.15) is 0 Å². The Morgan fingerprint density at radius 2 is 2.21 bits per heavy atom. The molecule has 0 radical (unpaired) electrons. The summed E-state index contributed by atoms with van der Waals surface area (Å²) in [4.78, 5) is 14.3. The number of carbonyl (C=O) groups is 1. The maximum Gasteiger partial charge on any atom is 0.274 e. The Morgan fingerprint density at radius 1 is 1.53 bits per heavy atom. The summed E-state index contributed by atoms with van der Waals surface area (Å²) in [5.74, 6) is 0.0137. The second-order valence-electron chi connectivity index (χ2n) is 6.32. The van der Waals surface area contributed by atoms with E-state index in [0.717, 1.165) is 25.2 Å². The van der Waals surface area contributed by atoms with Crippen molar-refractivity contribution in [3.8, 4) is 0 Å². The molecular weight excluding hydrogens is 240 g/mol. The summed E-state index contributed by atoms with van der Waals surface area (Å²) in [7, 11) is 1.87. The number of likely N-dealkylation sites (N-methyl/N-ethyl adjacent to an activating group) is 1. The number of nitrogens with zero attached hydrogens (tertiary/aromatic N) is 3. The number of amides is 1. The van der Waals surface area contributed by atoms with Crippen LogP contribution in [0.1, 0.15) is 43.4 Å². The van der Waals surface area contributed by atoms with E-state index in [9.17, 15) is 4.79 Å². The number of aryl methyl sites for hydroxylation is 1. The minimum atomic E-state index is -0.101. The lowest BCUT2D eigenvalue weighted by Gasteiger charge is -2.23. The predicted octanol–water partition coefficient (Wildman–Crippen LogP) is 1.38. The fraction of sp³-hybridized carbons (Fsp3) is 0.714. The Labute approximate surface area is 115 Å². The third kappa shape index (κ3) is 2.81. The van der Waals surface area contributed by atoms with Gasteiger partial charge in [0.2, 0.25) is 0 Å². The monoisotopic (exact) mass is 264 g/mol. The van der Waals surface area contributed by atoms with E-state index in [0.29, 0.717) is 5.69 Å². The van der Waals surface area contributed by atoms with Gasteiger partial charge in [-0.05, 0) is 46.7 Å². The third-order valence-electron chi connectivity index (χ3n) is 3.64. The number of hydrogen-bond acceptors (Lipinski definition) is 3. The molecule has 0 aliphatic carbocycles. The van der Waals surface area contributed by atoms with Crippen molar-refractivity contribution in [2.24, 2.45) is 0 Å². The number of rotatable bonds is 2. The van der Waals surface area contributed by atoms with Crippen LogP contribution >= 0.6 is 0 Å². The van der Waals surface area contributed by atoms with Crippen molar-refractivity contribution in [3.63, 3.8) is 0 Å². The molecule has 2 heterocycles. The van der Waals surface area contributed by atoms with Gasteiger partial charge in [-0.15, -0.1) is 0 Å². The maximum atomic E-state index is 12.4. The minimum absolute atomic E-state index is 0.0137. The van der Waals surface area contributed by atoms with Gasteiger partial charge in [0.15, 0.2) is 5.69 Å². The lowest BCUT2D eigenvalue weighted by molar-refractivity contribution is 0.0736. The molecule has 1 saturated heterocycles. The number of carbonyl (C=O) groups excluding carboxylic acids is 1. The van der Waals surface area contributed by atoms with Crippen LogP contribution in [-0.4, -0.2) is 46.8 Å². The molecule has 0 aromatic carbocycles. The molecule has 0 spiro atoms. The quantitative estimate of drug-likeness (QED) is 0.878. The Morgan fingerprint density at radius 3 is 2.68 bits per heavy atom. The molecule has 5 nitrogen and oxygen atoms in total. The van der Waals surface area contributed by atoms with Crippen molar-refractivity contribution in [1.82, 2.24) is 20.0 Å². The fourth-order valence-electron chi connectivity index (χ4n) is 2.57. The fourth-order valence-corrected chi connectivity index (χ4v) is 2.57. The molecule has 106 valence electrons. The second kappa shape index (κ2) is 4.96. The van der Waals surface area contributed by atoms with Crippen LogP contribution in [0.2, 0.25) is 0 Å². The van der Waals surface area contributed by atoms with Crippen LogP contribution in [-0.2, 0) is 5.54 Å². The number of nitrogens with one attached hydrogen (secondary N) is 1. The van der Waals surface area contributed by atoms with Crippen molar-refractivity contribution in [2.45, 2.75) is 45.7 Å². The van der Waals surface area contributed by atoms with Crippen LogP contribution in [0.25, 0.3) is 0 Å². The van der Waals surface area contributed by atoms with E-state index in [-0.39, 0.29) is 17.5 Å². The molecule has 1 aromatic heterocycles. The Kier molecular flexibility index (Phi) is 3.67. The van der Waals surface area contributed by atoms with Gasteiger partial charge in [-0.2, -0.15) is 5.10 Å². The summed E-state index contributed by atoms with van der Waals surface area (Å²) in [5, 5.41) is 7.76. The Bertz CT molecular complexity index is 466. The van der Waals surface area contributed by atoms with Crippen LogP contribution in [0.3, 0.4) is 0 Å². The first-order valence-electron chi connectivity index (χ1n) is 6.85. The highest BCUT2D eigenvalue weighted by molar-refractivity contribution is 5.92. The average Bonchev–Trinajstić information content (AvgIpc) is 2.94. The molecule has 2 rings (SSSR count). The molecule has 1 aromatic rings. The predicted molar refractivity (Wildman–Crippen MR) is 75.3 cm³/mol.